The van der Waals surface area contributed by atoms with E-state index in [-0.39, 0.29) is 23.8 Å². The number of nitrogens with zero attached hydrogens (tertiary/aromatic N) is 3. The van der Waals surface area contributed by atoms with Crippen molar-refractivity contribution in [1.29, 1.82) is 0 Å². The van der Waals surface area contributed by atoms with Gasteiger partial charge in [-0.2, -0.15) is 0 Å². The van der Waals surface area contributed by atoms with Crippen LogP contribution >= 0.6 is 11.3 Å². The van der Waals surface area contributed by atoms with Gasteiger partial charge in [0.25, 0.3) is 0 Å². The molecule has 1 aliphatic heterocycles. The molecule has 1 saturated heterocycles. The number of hydrogen-bond donors (Lipinski definition) is 1. The lowest BCUT2D eigenvalue weighted by molar-refractivity contribution is -0.142. The van der Waals surface area contributed by atoms with Gasteiger partial charge >= 0.3 is 0 Å². The molecular formula is C19H24N4O3S. The van der Waals surface area contributed by atoms with E-state index < -0.39 is 0 Å². The molecule has 1 aromatic heterocycles. The van der Waals surface area contributed by atoms with Crippen LogP contribution in [0.4, 0.5) is 5.13 Å². The SMILES string of the molecule is CCCCN1C(=O)CCC(C(=O)Nc2nncs2)C1c1ccccc1OC. The van der Waals surface area contributed by atoms with E-state index in [0.717, 1.165) is 18.4 Å². The highest BCUT2D eigenvalue weighted by atomic mass is 32.1. The van der Waals surface area contributed by atoms with Crippen molar-refractivity contribution in [2.75, 3.05) is 19.0 Å². The lowest BCUT2D eigenvalue weighted by atomic mass is 9.83. The Morgan fingerprint density at radius 3 is 2.93 bits per heavy atom. The third-order valence-corrected chi connectivity index (χ3v) is 5.45. The maximum Gasteiger partial charge on any atom is 0.231 e. The van der Waals surface area contributed by atoms with Gasteiger partial charge in [-0.05, 0) is 18.9 Å². The summed E-state index contributed by atoms with van der Waals surface area (Å²) in [6.45, 7) is 2.72. The molecule has 0 saturated carbocycles. The molecule has 2 atom stereocenters. The average Bonchev–Trinajstić information content (AvgIpc) is 3.19. The molecule has 2 heterocycles. The molecule has 2 amide bonds. The molecule has 2 unspecified atom stereocenters. The van der Waals surface area contributed by atoms with E-state index in [9.17, 15) is 9.59 Å². The van der Waals surface area contributed by atoms with Gasteiger partial charge in [0.05, 0.1) is 19.1 Å². The Labute approximate surface area is 162 Å². The summed E-state index contributed by atoms with van der Waals surface area (Å²) in [4.78, 5) is 27.6. The summed E-state index contributed by atoms with van der Waals surface area (Å²) < 4.78 is 5.53. The van der Waals surface area contributed by atoms with E-state index in [1.54, 1.807) is 12.6 Å². The largest absolute Gasteiger partial charge is 0.496 e. The molecule has 3 rings (SSSR count). The van der Waals surface area contributed by atoms with E-state index in [1.165, 1.54) is 11.3 Å². The first-order chi connectivity index (χ1) is 13.2. The molecule has 8 heteroatoms. The van der Waals surface area contributed by atoms with Crippen molar-refractivity contribution in [2.45, 2.75) is 38.6 Å². The molecule has 0 bridgehead atoms. The minimum atomic E-state index is -0.375. The monoisotopic (exact) mass is 388 g/mol. The van der Waals surface area contributed by atoms with Crippen molar-refractivity contribution in [2.24, 2.45) is 5.92 Å². The van der Waals surface area contributed by atoms with Crippen LogP contribution in [0.15, 0.2) is 29.8 Å². The lowest BCUT2D eigenvalue weighted by Crippen LogP contribution is -2.47. The quantitative estimate of drug-likeness (QED) is 0.787. The first kappa shape index (κ1) is 19.3. The van der Waals surface area contributed by atoms with E-state index in [0.29, 0.717) is 30.3 Å². The van der Waals surface area contributed by atoms with Gasteiger partial charge in [0.1, 0.15) is 11.3 Å². The van der Waals surface area contributed by atoms with Crippen LogP contribution in [0.1, 0.15) is 44.2 Å². The molecule has 2 aromatic rings. The van der Waals surface area contributed by atoms with Crippen LogP contribution in [0.25, 0.3) is 0 Å². The Morgan fingerprint density at radius 1 is 1.41 bits per heavy atom. The third-order valence-electron chi connectivity index (χ3n) is 4.84. The molecular weight excluding hydrogens is 364 g/mol. The summed E-state index contributed by atoms with van der Waals surface area (Å²) in [5.74, 6) is 0.253. The number of likely N-dealkylation sites (tertiary alicyclic amines) is 1. The molecule has 1 fully saturated rings. The molecule has 27 heavy (non-hydrogen) atoms. The van der Waals surface area contributed by atoms with Gasteiger partial charge in [0, 0.05) is 18.5 Å². The number of amides is 2. The number of unbranched alkanes of at least 4 members (excludes halogenated alkanes) is 1. The lowest BCUT2D eigenvalue weighted by Gasteiger charge is -2.41. The van der Waals surface area contributed by atoms with Crippen molar-refractivity contribution in [3.8, 4) is 5.75 Å². The van der Waals surface area contributed by atoms with Crippen molar-refractivity contribution in [3.63, 3.8) is 0 Å². The van der Waals surface area contributed by atoms with E-state index in [1.807, 2.05) is 29.2 Å². The summed E-state index contributed by atoms with van der Waals surface area (Å²) >= 11 is 1.28. The third kappa shape index (κ3) is 4.27. The Hall–Kier alpha value is -2.48. The number of carbonyl (C=O) groups is 2. The molecule has 0 spiro atoms. The van der Waals surface area contributed by atoms with E-state index in [4.69, 9.17) is 4.74 Å². The Morgan fingerprint density at radius 2 is 2.22 bits per heavy atom. The van der Waals surface area contributed by atoms with Crippen LogP contribution in [0.2, 0.25) is 0 Å². The molecule has 7 nitrogen and oxygen atoms in total. The summed E-state index contributed by atoms with van der Waals surface area (Å²) in [7, 11) is 1.61. The Kier molecular flexibility index (Phi) is 6.39. The van der Waals surface area contributed by atoms with Gasteiger partial charge in [-0.3, -0.25) is 9.59 Å². The van der Waals surface area contributed by atoms with Crippen LogP contribution < -0.4 is 10.1 Å². The fourth-order valence-corrected chi connectivity index (χ4v) is 3.99. The maximum absolute atomic E-state index is 13.0. The number of para-hydroxylation sites is 1. The van der Waals surface area contributed by atoms with Crippen molar-refractivity contribution < 1.29 is 14.3 Å². The van der Waals surface area contributed by atoms with Crippen LogP contribution in [0, 0.1) is 5.92 Å². The zero-order valence-electron chi connectivity index (χ0n) is 15.6. The van der Waals surface area contributed by atoms with Crippen molar-refractivity contribution in [1.82, 2.24) is 15.1 Å². The molecule has 144 valence electrons. The topological polar surface area (TPSA) is 84.4 Å². The van der Waals surface area contributed by atoms with Gasteiger partial charge < -0.3 is 15.0 Å². The highest BCUT2D eigenvalue weighted by molar-refractivity contribution is 7.13. The van der Waals surface area contributed by atoms with Gasteiger partial charge in [0.2, 0.25) is 16.9 Å². The number of ether oxygens (including phenoxy) is 1. The smallest absolute Gasteiger partial charge is 0.231 e. The zero-order chi connectivity index (χ0) is 19.2. The molecule has 1 aromatic carbocycles. The van der Waals surface area contributed by atoms with Gasteiger partial charge in [0.15, 0.2) is 0 Å². The Bertz CT molecular complexity index is 781. The highest BCUT2D eigenvalue weighted by Gasteiger charge is 2.41. The second kappa shape index (κ2) is 8.94. The normalized spacial score (nSPS) is 19.8. The second-order valence-electron chi connectivity index (χ2n) is 6.51. The van der Waals surface area contributed by atoms with Gasteiger partial charge in [-0.1, -0.05) is 42.9 Å². The average molecular weight is 388 g/mol. The van der Waals surface area contributed by atoms with Crippen molar-refractivity contribution >= 4 is 28.3 Å². The molecule has 0 radical (unpaired) electrons. The van der Waals surface area contributed by atoms with Crippen molar-refractivity contribution in [3.05, 3.63) is 35.3 Å². The number of benzene rings is 1. The predicted octanol–water partition coefficient (Wildman–Crippen LogP) is 3.27. The highest BCUT2D eigenvalue weighted by Crippen LogP contribution is 2.41. The number of methoxy groups -OCH3 is 1. The number of anilines is 1. The van der Waals surface area contributed by atoms with E-state index in [2.05, 4.69) is 22.4 Å². The van der Waals surface area contributed by atoms with Gasteiger partial charge in [-0.25, -0.2) is 0 Å². The number of rotatable bonds is 7. The van der Waals surface area contributed by atoms with Crippen LogP contribution in [0.3, 0.4) is 0 Å². The van der Waals surface area contributed by atoms with Gasteiger partial charge in [-0.15, -0.1) is 10.2 Å². The predicted molar refractivity (Wildman–Crippen MR) is 104 cm³/mol. The standard InChI is InChI=1S/C19H24N4O3S/c1-3-4-11-23-16(24)10-9-14(18(25)21-19-22-20-12-27-19)17(23)13-7-5-6-8-15(13)26-2/h5-8,12,14,17H,3-4,9-11H2,1-2H3,(H,21,22,25). The Balaban J connectivity index is 1.96. The fourth-order valence-electron chi connectivity index (χ4n) is 3.54. The number of hydrogen-bond acceptors (Lipinski definition) is 6. The number of piperidine rings is 1. The van der Waals surface area contributed by atoms with Crippen LogP contribution in [-0.2, 0) is 9.59 Å². The maximum atomic E-state index is 13.0. The fraction of sp³-hybridized carbons (Fsp3) is 0.474. The van der Waals surface area contributed by atoms with Crippen LogP contribution in [0.5, 0.6) is 5.75 Å². The second-order valence-corrected chi connectivity index (χ2v) is 7.34. The molecule has 1 N–H and O–H groups in total. The first-order valence-electron chi connectivity index (χ1n) is 9.15. The molecule has 0 aliphatic carbocycles. The number of carbonyl (C=O) groups excluding carboxylic acids is 2. The number of nitrogens with one attached hydrogen (secondary N) is 1. The van der Waals surface area contributed by atoms with E-state index >= 15 is 0 Å². The zero-order valence-corrected chi connectivity index (χ0v) is 16.4. The summed E-state index contributed by atoms with van der Waals surface area (Å²) in [6.07, 6.45) is 2.73. The summed E-state index contributed by atoms with van der Waals surface area (Å²) in [5, 5.41) is 11.0. The summed E-state index contributed by atoms with van der Waals surface area (Å²) in [5.41, 5.74) is 2.44. The molecule has 1 aliphatic rings. The summed E-state index contributed by atoms with van der Waals surface area (Å²) in [6, 6.07) is 7.24. The first-order valence-corrected chi connectivity index (χ1v) is 10.0. The minimum Gasteiger partial charge on any atom is -0.496 e. The van der Waals surface area contributed by atoms with Crippen LogP contribution in [-0.4, -0.2) is 40.6 Å². The number of aromatic nitrogens is 2. The minimum absolute atomic E-state index is 0.0827.